The van der Waals surface area contributed by atoms with E-state index in [1.807, 2.05) is 44.2 Å². The molecule has 0 spiro atoms. The van der Waals surface area contributed by atoms with Crippen LogP contribution in [0.2, 0.25) is 5.02 Å². The number of hydrogen-bond acceptors (Lipinski definition) is 4. The second-order valence-corrected chi connectivity index (χ2v) is 6.87. The van der Waals surface area contributed by atoms with E-state index in [-0.39, 0.29) is 28.1 Å². The van der Waals surface area contributed by atoms with Gasteiger partial charge in [-0.15, -0.1) is 0 Å². The highest BCUT2D eigenvalue weighted by Crippen LogP contribution is 2.23. The first-order valence-electron chi connectivity index (χ1n) is 8.90. The molecule has 2 aromatic rings. The maximum Gasteiger partial charge on any atom is 0.270 e. The smallest absolute Gasteiger partial charge is 0.270 e. The van der Waals surface area contributed by atoms with Crippen molar-refractivity contribution in [2.45, 2.75) is 32.9 Å². The van der Waals surface area contributed by atoms with Crippen LogP contribution < -0.4 is 10.6 Å². The summed E-state index contributed by atoms with van der Waals surface area (Å²) in [7, 11) is 0. The molecule has 2 rings (SSSR count). The minimum absolute atomic E-state index is 0.0423. The van der Waals surface area contributed by atoms with Gasteiger partial charge in [0.1, 0.15) is 6.04 Å². The quantitative estimate of drug-likeness (QED) is 0.518. The zero-order valence-electron chi connectivity index (χ0n) is 15.6. The van der Waals surface area contributed by atoms with Gasteiger partial charge < -0.3 is 10.6 Å². The number of carbonyl (C=O) groups is 2. The maximum atomic E-state index is 12.7. The standard InChI is InChI=1S/C20H22ClN3O4/c1-3-13(2)18(20(26)22-12-14-7-5-4-6-8-14)23-19(25)16-10-9-15(24(27)28)11-17(16)21/h4-11,13,18H,3,12H2,1-2H3,(H,22,26)(H,23,25). The van der Waals surface area contributed by atoms with Crippen LogP contribution in [-0.2, 0) is 11.3 Å². The SMILES string of the molecule is CCC(C)C(NC(=O)c1ccc([N+](=O)[O-])cc1Cl)C(=O)NCc1ccccc1. The Morgan fingerprint density at radius 3 is 2.43 bits per heavy atom. The van der Waals surface area contributed by atoms with Crippen molar-refractivity contribution in [2.24, 2.45) is 5.92 Å². The van der Waals surface area contributed by atoms with Gasteiger partial charge >= 0.3 is 0 Å². The lowest BCUT2D eigenvalue weighted by molar-refractivity contribution is -0.384. The van der Waals surface area contributed by atoms with E-state index in [1.54, 1.807) is 0 Å². The van der Waals surface area contributed by atoms with Gasteiger partial charge in [-0.25, -0.2) is 0 Å². The molecule has 2 atom stereocenters. The number of rotatable bonds is 8. The third kappa shape index (κ3) is 5.53. The Labute approximate surface area is 168 Å². The van der Waals surface area contributed by atoms with Crippen molar-refractivity contribution in [3.8, 4) is 0 Å². The average Bonchev–Trinajstić information content (AvgIpc) is 2.70. The number of benzene rings is 2. The molecule has 2 unspecified atom stereocenters. The van der Waals surface area contributed by atoms with Gasteiger partial charge in [-0.1, -0.05) is 62.2 Å². The molecule has 0 fully saturated rings. The second-order valence-electron chi connectivity index (χ2n) is 6.46. The molecule has 8 heteroatoms. The summed E-state index contributed by atoms with van der Waals surface area (Å²) in [5.41, 5.74) is 0.820. The molecule has 0 bridgehead atoms. The fourth-order valence-corrected chi connectivity index (χ4v) is 2.88. The molecule has 0 aromatic heterocycles. The summed E-state index contributed by atoms with van der Waals surface area (Å²) in [4.78, 5) is 35.5. The second kappa shape index (κ2) is 9.85. The van der Waals surface area contributed by atoms with E-state index in [0.29, 0.717) is 13.0 Å². The average molecular weight is 404 g/mol. The van der Waals surface area contributed by atoms with Gasteiger partial charge in [0.05, 0.1) is 15.5 Å². The van der Waals surface area contributed by atoms with E-state index < -0.39 is 16.9 Å². The van der Waals surface area contributed by atoms with Crippen LogP contribution in [0.3, 0.4) is 0 Å². The van der Waals surface area contributed by atoms with Crippen LogP contribution in [0, 0.1) is 16.0 Å². The van der Waals surface area contributed by atoms with Crippen molar-refractivity contribution < 1.29 is 14.5 Å². The van der Waals surface area contributed by atoms with Crippen molar-refractivity contribution in [2.75, 3.05) is 0 Å². The number of amides is 2. The molecule has 0 aliphatic carbocycles. The lowest BCUT2D eigenvalue weighted by atomic mass is 9.97. The summed E-state index contributed by atoms with van der Waals surface area (Å²) in [5.74, 6) is -0.971. The number of halogens is 1. The normalized spacial score (nSPS) is 12.7. The number of non-ortho nitro benzene ring substituents is 1. The molecular formula is C20H22ClN3O4. The third-order valence-corrected chi connectivity index (χ3v) is 4.81. The van der Waals surface area contributed by atoms with Gasteiger partial charge in [-0.2, -0.15) is 0 Å². The lowest BCUT2D eigenvalue weighted by Gasteiger charge is -2.24. The number of nitro groups is 1. The van der Waals surface area contributed by atoms with E-state index in [2.05, 4.69) is 10.6 Å². The van der Waals surface area contributed by atoms with Crippen LogP contribution in [0.15, 0.2) is 48.5 Å². The molecule has 148 valence electrons. The molecule has 0 saturated heterocycles. The Morgan fingerprint density at radius 1 is 1.18 bits per heavy atom. The van der Waals surface area contributed by atoms with Crippen molar-refractivity contribution in [1.29, 1.82) is 0 Å². The molecule has 0 heterocycles. The molecule has 28 heavy (non-hydrogen) atoms. The Bertz CT molecular complexity index is 858. The van der Waals surface area contributed by atoms with Crippen LogP contribution >= 0.6 is 11.6 Å². The molecule has 7 nitrogen and oxygen atoms in total. The molecule has 0 aliphatic heterocycles. The summed E-state index contributed by atoms with van der Waals surface area (Å²) < 4.78 is 0. The zero-order chi connectivity index (χ0) is 20.7. The highest BCUT2D eigenvalue weighted by Gasteiger charge is 2.27. The molecule has 2 N–H and O–H groups in total. The van der Waals surface area contributed by atoms with Gasteiger partial charge in [-0.05, 0) is 17.5 Å². The number of hydrogen-bond donors (Lipinski definition) is 2. The predicted molar refractivity (Wildman–Crippen MR) is 107 cm³/mol. The van der Waals surface area contributed by atoms with Gasteiger partial charge in [0.15, 0.2) is 0 Å². The Balaban J connectivity index is 2.11. The third-order valence-electron chi connectivity index (χ3n) is 4.50. The van der Waals surface area contributed by atoms with E-state index in [4.69, 9.17) is 11.6 Å². The molecular weight excluding hydrogens is 382 g/mol. The summed E-state index contributed by atoms with van der Waals surface area (Å²) in [6.07, 6.45) is 0.678. The minimum atomic E-state index is -0.757. The summed E-state index contributed by atoms with van der Waals surface area (Å²) >= 11 is 6.02. The molecule has 0 radical (unpaired) electrons. The van der Waals surface area contributed by atoms with Gasteiger partial charge in [0.25, 0.3) is 11.6 Å². The number of nitrogens with one attached hydrogen (secondary N) is 2. The number of nitro benzene ring substituents is 1. The van der Waals surface area contributed by atoms with Crippen LogP contribution in [0.1, 0.15) is 36.2 Å². The fourth-order valence-electron chi connectivity index (χ4n) is 2.62. The van der Waals surface area contributed by atoms with Crippen LogP contribution in [-0.4, -0.2) is 22.8 Å². The Hall–Kier alpha value is -2.93. The highest BCUT2D eigenvalue weighted by atomic mass is 35.5. The lowest BCUT2D eigenvalue weighted by Crippen LogP contribution is -2.50. The molecule has 2 amide bonds. The maximum absolute atomic E-state index is 12.7. The van der Waals surface area contributed by atoms with Crippen LogP contribution in [0.25, 0.3) is 0 Å². The topological polar surface area (TPSA) is 101 Å². The summed E-state index contributed by atoms with van der Waals surface area (Å²) in [6.45, 7) is 4.14. The number of nitrogens with zero attached hydrogens (tertiary/aromatic N) is 1. The highest BCUT2D eigenvalue weighted by molar-refractivity contribution is 6.34. The predicted octanol–water partition coefficient (Wildman–Crippen LogP) is 3.71. The van der Waals surface area contributed by atoms with Crippen molar-refractivity contribution in [1.82, 2.24) is 10.6 Å². The van der Waals surface area contributed by atoms with Crippen molar-refractivity contribution in [3.05, 3.63) is 74.8 Å². The van der Waals surface area contributed by atoms with Gasteiger partial charge in [-0.3, -0.25) is 19.7 Å². The Kier molecular flexibility index (Phi) is 7.52. The van der Waals surface area contributed by atoms with E-state index in [1.165, 1.54) is 12.1 Å². The van der Waals surface area contributed by atoms with Gasteiger partial charge in [0.2, 0.25) is 5.91 Å². The largest absolute Gasteiger partial charge is 0.350 e. The van der Waals surface area contributed by atoms with Crippen molar-refractivity contribution >= 4 is 29.1 Å². The number of carbonyl (C=O) groups excluding carboxylic acids is 2. The first-order valence-corrected chi connectivity index (χ1v) is 9.27. The first-order chi connectivity index (χ1) is 13.3. The minimum Gasteiger partial charge on any atom is -0.350 e. The molecule has 0 aliphatic rings. The first kappa shape index (κ1) is 21.4. The zero-order valence-corrected chi connectivity index (χ0v) is 16.4. The van der Waals surface area contributed by atoms with Crippen molar-refractivity contribution in [3.63, 3.8) is 0 Å². The summed E-state index contributed by atoms with van der Waals surface area (Å²) in [6, 6.07) is 12.3. The van der Waals surface area contributed by atoms with E-state index in [9.17, 15) is 19.7 Å². The van der Waals surface area contributed by atoms with E-state index >= 15 is 0 Å². The van der Waals surface area contributed by atoms with Crippen LogP contribution in [0.5, 0.6) is 0 Å². The van der Waals surface area contributed by atoms with E-state index in [0.717, 1.165) is 11.6 Å². The molecule has 2 aromatic carbocycles. The van der Waals surface area contributed by atoms with Gasteiger partial charge in [0, 0.05) is 18.7 Å². The summed E-state index contributed by atoms with van der Waals surface area (Å²) in [5, 5.41) is 16.3. The van der Waals surface area contributed by atoms with Crippen LogP contribution in [0.4, 0.5) is 5.69 Å². The fraction of sp³-hybridized carbons (Fsp3) is 0.300. The Morgan fingerprint density at radius 2 is 1.86 bits per heavy atom. The molecule has 0 saturated carbocycles. The monoisotopic (exact) mass is 403 g/mol.